The molecule has 0 saturated carbocycles. The van der Waals surface area contributed by atoms with Crippen LogP contribution >= 0.6 is 11.3 Å². The fourth-order valence-electron chi connectivity index (χ4n) is 2.49. The van der Waals surface area contributed by atoms with E-state index in [1.165, 1.54) is 26.1 Å². The van der Waals surface area contributed by atoms with Crippen molar-refractivity contribution < 1.29 is 0 Å². The maximum Gasteiger partial charge on any atom is 0.0689 e. The van der Waals surface area contributed by atoms with Gasteiger partial charge in [-0.1, -0.05) is 25.1 Å². The second-order valence-corrected chi connectivity index (χ2v) is 6.02. The third-order valence-corrected chi connectivity index (χ3v) is 4.71. The lowest BCUT2D eigenvalue weighted by Crippen LogP contribution is -2.22. The van der Waals surface area contributed by atoms with Gasteiger partial charge < -0.3 is 5.32 Å². The molecule has 2 aromatic heterocycles. The number of benzene rings is 1. The summed E-state index contributed by atoms with van der Waals surface area (Å²) >= 11 is 1.86. The highest BCUT2D eigenvalue weighted by atomic mass is 32.1. The lowest BCUT2D eigenvalue weighted by molar-refractivity contribution is 0.634. The molecule has 1 N–H and O–H groups in total. The van der Waals surface area contributed by atoms with Gasteiger partial charge in [-0.2, -0.15) is 0 Å². The first-order chi connectivity index (χ1) is 9.79. The molecule has 2 heterocycles. The number of aromatic nitrogens is 1. The first-order valence-electron chi connectivity index (χ1n) is 6.92. The Bertz CT molecular complexity index is 685. The molecule has 0 amide bonds. The van der Waals surface area contributed by atoms with Crippen LogP contribution in [-0.4, -0.2) is 11.5 Å². The molecule has 0 fully saturated rings. The van der Waals surface area contributed by atoms with Crippen molar-refractivity contribution in [3.05, 3.63) is 64.8 Å². The molecule has 0 aliphatic carbocycles. The summed E-state index contributed by atoms with van der Waals surface area (Å²) in [6.45, 7) is 5.23. The molecule has 20 heavy (non-hydrogen) atoms. The summed E-state index contributed by atoms with van der Waals surface area (Å²) in [7, 11) is 0. The van der Waals surface area contributed by atoms with E-state index in [0.29, 0.717) is 0 Å². The molecule has 1 atom stereocenters. The minimum Gasteiger partial charge on any atom is -0.306 e. The summed E-state index contributed by atoms with van der Waals surface area (Å²) in [6, 6.07) is 13.1. The molecular weight excluding hydrogens is 264 g/mol. The van der Waals surface area contributed by atoms with Crippen molar-refractivity contribution in [2.75, 3.05) is 6.54 Å². The summed E-state index contributed by atoms with van der Waals surface area (Å²) in [5, 5.41) is 4.90. The number of hydrogen-bond donors (Lipinski definition) is 1. The summed E-state index contributed by atoms with van der Waals surface area (Å²) in [5.74, 6) is 0. The molecule has 0 aliphatic rings. The van der Waals surface area contributed by atoms with E-state index < -0.39 is 0 Å². The molecule has 3 rings (SSSR count). The highest BCUT2D eigenvalue weighted by Gasteiger charge is 2.17. The van der Waals surface area contributed by atoms with Crippen LogP contribution in [0.5, 0.6) is 0 Å². The maximum absolute atomic E-state index is 4.29. The molecule has 3 aromatic rings. The monoisotopic (exact) mass is 282 g/mol. The van der Waals surface area contributed by atoms with Gasteiger partial charge in [0.05, 0.1) is 6.04 Å². The van der Waals surface area contributed by atoms with Crippen LogP contribution < -0.4 is 5.32 Å². The predicted octanol–water partition coefficient (Wildman–Crippen LogP) is 4.30. The standard InChI is InChI=1S/C17H18N2S/c1-3-19-17(14-11-18-9-8-12(14)2)16-10-13-6-4-5-7-15(13)20-16/h4-11,17,19H,3H2,1-2H3. The van der Waals surface area contributed by atoms with Crippen LogP contribution in [0.1, 0.15) is 29.0 Å². The zero-order chi connectivity index (χ0) is 13.9. The van der Waals surface area contributed by atoms with Crippen LogP contribution in [-0.2, 0) is 0 Å². The van der Waals surface area contributed by atoms with Gasteiger partial charge in [-0.3, -0.25) is 4.98 Å². The molecule has 0 radical (unpaired) electrons. The van der Waals surface area contributed by atoms with Crippen LogP contribution in [0, 0.1) is 6.92 Å². The molecule has 1 aromatic carbocycles. The molecule has 3 heteroatoms. The van der Waals surface area contributed by atoms with Gasteiger partial charge in [0.1, 0.15) is 0 Å². The molecule has 2 nitrogen and oxygen atoms in total. The number of pyridine rings is 1. The number of fused-ring (bicyclic) bond motifs is 1. The van der Waals surface area contributed by atoms with Crippen LogP contribution in [0.2, 0.25) is 0 Å². The second-order valence-electron chi connectivity index (χ2n) is 4.91. The predicted molar refractivity (Wildman–Crippen MR) is 86.3 cm³/mol. The van der Waals surface area contributed by atoms with Crippen molar-refractivity contribution in [2.45, 2.75) is 19.9 Å². The van der Waals surface area contributed by atoms with Gasteiger partial charge in [0.15, 0.2) is 0 Å². The summed E-state index contributed by atoms with van der Waals surface area (Å²) in [5.41, 5.74) is 2.55. The number of aryl methyl sites for hydroxylation is 1. The minimum atomic E-state index is 0.228. The van der Waals surface area contributed by atoms with E-state index in [0.717, 1.165) is 6.54 Å². The first-order valence-corrected chi connectivity index (χ1v) is 7.73. The largest absolute Gasteiger partial charge is 0.306 e. The van der Waals surface area contributed by atoms with E-state index in [1.54, 1.807) is 0 Å². The van der Waals surface area contributed by atoms with Crippen molar-refractivity contribution in [3.8, 4) is 0 Å². The normalized spacial score (nSPS) is 12.7. The van der Waals surface area contributed by atoms with Gasteiger partial charge in [0, 0.05) is 22.0 Å². The van der Waals surface area contributed by atoms with E-state index in [1.807, 2.05) is 23.7 Å². The van der Waals surface area contributed by atoms with Gasteiger partial charge in [-0.25, -0.2) is 0 Å². The average Bonchev–Trinajstić information content (AvgIpc) is 2.89. The maximum atomic E-state index is 4.29. The fourth-order valence-corrected chi connectivity index (χ4v) is 3.65. The van der Waals surface area contributed by atoms with E-state index in [9.17, 15) is 0 Å². The van der Waals surface area contributed by atoms with Crippen molar-refractivity contribution in [1.82, 2.24) is 10.3 Å². The van der Waals surface area contributed by atoms with E-state index >= 15 is 0 Å². The van der Waals surface area contributed by atoms with Crippen LogP contribution in [0.25, 0.3) is 10.1 Å². The first kappa shape index (κ1) is 13.3. The van der Waals surface area contributed by atoms with Crippen molar-refractivity contribution in [2.24, 2.45) is 0 Å². The number of nitrogens with zero attached hydrogens (tertiary/aromatic N) is 1. The number of rotatable bonds is 4. The Morgan fingerprint density at radius 1 is 1.25 bits per heavy atom. The molecule has 0 saturated heterocycles. The lowest BCUT2D eigenvalue weighted by atomic mass is 10.0. The highest BCUT2D eigenvalue weighted by molar-refractivity contribution is 7.19. The number of thiophene rings is 1. The van der Waals surface area contributed by atoms with Gasteiger partial charge in [-0.15, -0.1) is 11.3 Å². The van der Waals surface area contributed by atoms with Crippen molar-refractivity contribution >= 4 is 21.4 Å². The summed E-state index contributed by atoms with van der Waals surface area (Å²) in [4.78, 5) is 5.64. The third kappa shape index (κ3) is 2.47. The number of hydrogen-bond acceptors (Lipinski definition) is 3. The molecular formula is C17H18N2S. The molecule has 0 bridgehead atoms. The molecule has 1 unspecified atom stereocenters. The fraction of sp³-hybridized carbons (Fsp3) is 0.235. The van der Waals surface area contributed by atoms with Gasteiger partial charge >= 0.3 is 0 Å². The second kappa shape index (κ2) is 5.73. The molecule has 0 aliphatic heterocycles. The quantitative estimate of drug-likeness (QED) is 0.771. The van der Waals surface area contributed by atoms with Crippen molar-refractivity contribution in [1.29, 1.82) is 0 Å². The Kier molecular flexibility index (Phi) is 3.81. The number of nitrogens with one attached hydrogen (secondary N) is 1. The van der Waals surface area contributed by atoms with E-state index in [2.05, 4.69) is 60.5 Å². The van der Waals surface area contributed by atoms with Gasteiger partial charge in [0.2, 0.25) is 0 Å². The average molecular weight is 282 g/mol. The van der Waals surface area contributed by atoms with E-state index in [-0.39, 0.29) is 6.04 Å². The lowest BCUT2D eigenvalue weighted by Gasteiger charge is -2.18. The Labute approximate surface area is 123 Å². The summed E-state index contributed by atoms with van der Waals surface area (Å²) in [6.07, 6.45) is 3.83. The third-order valence-electron chi connectivity index (χ3n) is 3.53. The van der Waals surface area contributed by atoms with Gasteiger partial charge in [0.25, 0.3) is 0 Å². The van der Waals surface area contributed by atoms with E-state index in [4.69, 9.17) is 0 Å². The molecule has 0 spiro atoms. The summed E-state index contributed by atoms with van der Waals surface area (Å²) < 4.78 is 1.34. The van der Waals surface area contributed by atoms with Gasteiger partial charge in [-0.05, 0) is 48.2 Å². The smallest absolute Gasteiger partial charge is 0.0689 e. The van der Waals surface area contributed by atoms with Crippen LogP contribution in [0.4, 0.5) is 0 Å². The van der Waals surface area contributed by atoms with Crippen LogP contribution in [0.15, 0.2) is 48.8 Å². The Hall–Kier alpha value is -1.71. The molecule has 102 valence electrons. The zero-order valence-corrected chi connectivity index (χ0v) is 12.6. The van der Waals surface area contributed by atoms with Crippen molar-refractivity contribution in [3.63, 3.8) is 0 Å². The zero-order valence-electron chi connectivity index (χ0n) is 11.8. The Morgan fingerprint density at radius 2 is 2.10 bits per heavy atom. The topological polar surface area (TPSA) is 24.9 Å². The minimum absolute atomic E-state index is 0.228. The van der Waals surface area contributed by atoms with Crippen LogP contribution in [0.3, 0.4) is 0 Å². The Balaban J connectivity index is 2.08. The SMILES string of the molecule is CCNC(c1cc2ccccc2s1)c1cnccc1C. The Morgan fingerprint density at radius 3 is 2.85 bits per heavy atom. The highest BCUT2D eigenvalue weighted by Crippen LogP contribution is 2.33.